The fourth-order valence-electron chi connectivity index (χ4n) is 1.68. The summed E-state index contributed by atoms with van der Waals surface area (Å²) < 4.78 is 0. The Hall–Kier alpha value is 0.310. The standard InChI is InChI=1S/C10H23NS/c1-5-6-8(9(12)7-11)10(2,3)4/h8-9,12H,5-7,11H2,1-4H3/t8-,9-/m1/s1. The van der Waals surface area contributed by atoms with Gasteiger partial charge in [0.1, 0.15) is 0 Å². The number of nitrogens with two attached hydrogens (primary N) is 1. The van der Waals surface area contributed by atoms with Gasteiger partial charge in [0.25, 0.3) is 0 Å². The molecule has 12 heavy (non-hydrogen) atoms. The van der Waals surface area contributed by atoms with Crippen molar-refractivity contribution in [3.63, 3.8) is 0 Å². The molecular weight excluding hydrogens is 166 g/mol. The molecule has 1 nitrogen and oxygen atoms in total. The molecule has 0 rings (SSSR count). The monoisotopic (exact) mass is 189 g/mol. The molecule has 0 aromatic heterocycles. The zero-order chi connectivity index (χ0) is 9.78. The lowest BCUT2D eigenvalue weighted by Crippen LogP contribution is -2.33. The van der Waals surface area contributed by atoms with Gasteiger partial charge in [0.05, 0.1) is 0 Å². The lowest BCUT2D eigenvalue weighted by atomic mass is 9.76. The quantitative estimate of drug-likeness (QED) is 0.653. The van der Waals surface area contributed by atoms with Gasteiger partial charge in [-0.1, -0.05) is 34.1 Å². The molecule has 0 amide bonds. The van der Waals surface area contributed by atoms with Crippen molar-refractivity contribution in [1.29, 1.82) is 0 Å². The van der Waals surface area contributed by atoms with Crippen LogP contribution < -0.4 is 5.73 Å². The third kappa shape index (κ3) is 3.81. The van der Waals surface area contributed by atoms with E-state index in [0.717, 1.165) is 0 Å². The van der Waals surface area contributed by atoms with Crippen molar-refractivity contribution < 1.29 is 0 Å². The van der Waals surface area contributed by atoms with Gasteiger partial charge in [0.2, 0.25) is 0 Å². The second-order valence-electron chi connectivity index (χ2n) is 4.56. The third-order valence-electron chi connectivity index (χ3n) is 2.42. The molecule has 0 spiro atoms. The van der Waals surface area contributed by atoms with E-state index in [1.807, 2.05) is 0 Å². The molecule has 0 aliphatic rings. The largest absolute Gasteiger partial charge is 0.329 e. The van der Waals surface area contributed by atoms with Crippen molar-refractivity contribution >= 4 is 12.6 Å². The second kappa shape index (κ2) is 5.13. The van der Waals surface area contributed by atoms with E-state index in [-0.39, 0.29) is 0 Å². The molecule has 0 heterocycles. The lowest BCUT2D eigenvalue weighted by Gasteiger charge is -2.34. The fourth-order valence-corrected chi connectivity index (χ4v) is 2.27. The Kier molecular flexibility index (Phi) is 5.26. The van der Waals surface area contributed by atoms with Crippen molar-refractivity contribution in [3.05, 3.63) is 0 Å². The summed E-state index contributed by atoms with van der Waals surface area (Å²) in [4.78, 5) is 0. The molecule has 0 unspecified atom stereocenters. The zero-order valence-corrected chi connectivity index (χ0v) is 9.70. The van der Waals surface area contributed by atoms with Crippen LogP contribution in [0.25, 0.3) is 0 Å². The molecule has 0 bridgehead atoms. The summed E-state index contributed by atoms with van der Waals surface area (Å²) in [7, 11) is 0. The number of thiol groups is 1. The highest BCUT2D eigenvalue weighted by Gasteiger charge is 2.28. The summed E-state index contributed by atoms with van der Waals surface area (Å²) in [6.07, 6.45) is 2.45. The van der Waals surface area contributed by atoms with Crippen LogP contribution in [0.2, 0.25) is 0 Å². The molecular formula is C10H23NS. The summed E-state index contributed by atoms with van der Waals surface area (Å²) >= 11 is 4.53. The summed E-state index contributed by atoms with van der Waals surface area (Å²) in [6, 6.07) is 0. The topological polar surface area (TPSA) is 26.0 Å². The number of hydrogen-bond acceptors (Lipinski definition) is 2. The Labute approximate surface area is 82.5 Å². The van der Waals surface area contributed by atoms with Crippen LogP contribution in [0, 0.1) is 11.3 Å². The van der Waals surface area contributed by atoms with E-state index in [1.54, 1.807) is 0 Å². The normalized spacial score (nSPS) is 17.5. The van der Waals surface area contributed by atoms with E-state index in [9.17, 15) is 0 Å². The van der Waals surface area contributed by atoms with E-state index in [4.69, 9.17) is 5.73 Å². The van der Waals surface area contributed by atoms with Crippen molar-refractivity contribution in [2.24, 2.45) is 17.1 Å². The van der Waals surface area contributed by atoms with Gasteiger partial charge >= 0.3 is 0 Å². The summed E-state index contributed by atoms with van der Waals surface area (Å²) in [5.74, 6) is 0.635. The van der Waals surface area contributed by atoms with Crippen LogP contribution >= 0.6 is 12.6 Å². The maximum Gasteiger partial charge on any atom is 0.0173 e. The first-order valence-electron chi connectivity index (χ1n) is 4.81. The van der Waals surface area contributed by atoms with Crippen molar-refractivity contribution in [3.8, 4) is 0 Å². The Morgan fingerprint density at radius 1 is 1.33 bits per heavy atom. The molecule has 0 saturated carbocycles. The minimum Gasteiger partial charge on any atom is -0.329 e. The average Bonchev–Trinajstić information content (AvgIpc) is 1.96. The fraction of sp³-hybridized carbons (Fsp3) is 1.00. The van der Waals surface area contributed by atoms with Crippen LogP contribution in [0.15, 0.2) is 0 Å². The lowest BCUT2D eigenvalue weighted by molar-refractivity contribution is 0.220. The first-order chi connectivity index (χ1) is 5.43. The van der Waals surface area contributed by atoms with Gasteiger partial charge < -0.3 is 5.73 Å². The Morgan fingerprint density at radius 3 is 2.08 bits per heavy atom. The number of rotatable bonds is 4. The molecule has 0 saturated heterocycles. The molecule has 2 N–H and O–H groups in total. The second-order valence-corrected chi connectivity index (χ2v) is 5.23. The first kappa shape index (κ1) is 12.3. The van der Waals surface area contributed by atoms with Gasteiger partial charge in [-0.05, 0) is 17.8 Å². The van der Waals surface area contributed by atoms with E-state index in [1.165, 1.54) is 12.8 Å². The molecule has 0 aliphatic carbocycles. The minimum absolute atomic E-state index is 0.335. The van der Waals surface area contributed by atoms with Crippen LogP contribution in [0.4, 0.5) is 0 Å². The van der Waals surface area contributed by atoms with Crippen LogP contribution in [-0.4, -0.2) is 11.8 Å². The zero-order valence-electron chi connectivity index (χ0n) is 8.80. The maximum atomic E-state index is 5.62. The molecule has 0 fully saturated rings. The smallest absolute Gasteiger partial charge is 0.0173 e. The molecule has 0 aromatic rings. The van der Waals surface area contributed by atoms with Gasteiger partial charge in [0.15, 0.2) is 0 Å². The molecule has 2 atom stereocenters. The Bertz CT molecular complexity index is 117. The van der Waals surface area contributed by atoms with E-state index >= 15 is 0 Å². The highest BCUT2D eigenvalue weighted by atomic mass is 32.1. The van der Waals surface area contributed by atoms with E-state index in [2.05, 4.69) is 40.3 Å². The molecule has 74 valence electrons. The third-order valence-corrected chi connectivity index (χ3v) is 2.99. The molecule has 0 radical (unpaired) electrons. The summed E-state index contributed by atoms with van der Waals surface area (Å²) in [5.41, 5.74) is 5.96. The predicted molar refractivity (Wildman–Crippen MR) is 59.7 cm³/mol. The minimum atomic E-state index is 0.335. The maximum absolute atomic E-state index is 5.62. The van der Waals surface area contributed by atoms with Crippen LogP contribution in [0.3, 0.4) is 0 Å². The SMILES string of the molecule is CCC[C@H]([C@H](S)CN)C(C)(C)C. The summed E-state index contributed by atoms with van der Waals surface area (Å²) in [6.45, 7) is 9.71. The Balaban J connectivity index is 4.22. The van der Waals surface area contributed by atoms with E-state index in [0.29, 0.717) is 23.1 Å². The van der Waals surface area contributed by atoms with Crippen molar-refractivity contribution in [2.75, 3.05) is 6.54 Å². The number of hydrogen-bond donors (Lipinski definition) is 2. The highest BCUT2D eigenvalue weighted by Crippen LogP contribution is 2.34. The van der Waals surface area contributed by atoms with Gasteiger partial charge in [-0.2, -0.15) is 12.6 Å². The summed E-state index contributed by atoms with van der Waals surface area (Å²) in [5, 5.41) is 0.352. The van der Waals surface area contributed by atoms with Crippen LogP contribution in [0.5, 0.6) is 0 Å². The Morgan fingerprint density at radius 2 is 1.83 bits per heavy atom. The predicted octanol–water partition coefficient (Wildman–Crippen LogP) is 2.71. The first-order valence-corrected chi connectivity index (χ1v) is 5.33. The average molecular weight is 189 g/mol. The van der Waals surface area contributed by atoms with Gasteiger partial charge in [-0.15, -0.1) is 0 Å². The molecule has 0 aromatic carbocycles. The van der Waals surface area contributed by atoms with Gasteiger partial charge in [-0.25, -0.2) is 0 Å². The highest BCUT2D eigenvalue weighted by molar-refractivity contribution is 7.81. The van der Waals surface area contributed by atoms with Crippen molar-refractivity contribution in [2.45, 2.75) is 45.8 Å². The van der Waals surface area contributed by atoms with Crippen LogP contribution in [-0.2, 0) is 0 Å². The molecule has 0 aliphatic heterocycles. The van der Waals surface area contributed by atoms with E-state index < -0.39 is 0 Å². The van der Waals surface area contributed by atoms with Gasteiger partial charge in [-0.3, -0.25) is 0 Å². The van der Waals surface area contributed by atoms with Crippen molar-refractivity contribution in [1.82, 2.24) is 0 Å². The van der Waals surface area contributed by atoms with Gasteiger partial charge in [0, 0.05) is 11.8 Å². The molecule has 2 heteroatoms. The van der Waals surface area contributed by atoms with Crippen LogP contribution in [0.1, 0.15) is 40.5 Å².